The van der Waals surface area contributed by atoms with Gasteiger partial charge in [0.05, 0.1) is 18.4 Å². The van der Waals surface area contributed by atoms with E-state index >= 15 is 0 Å². The number of carbonyl (C=O) groups is 1. The molecule has 1 N–H and O–H groups in total. The van der Waals surface area contributed by atoms with Crippen molar-refractivity contribution in [1.29, 1.82) is 0 Å². The molecule has 206 valence electrons. The normalized spacial score (nSPS) is 16.9. The van der Waals surface area contributed by atoms with E-state index in [1.165, 1.54) is 29.5 Å². The van der Waals surface area contributed by atoms with Gasteiger partial charge < -0.3 is 10.1 Å². The average Bonchev–Trinajstić information content (AvgIpc) is 3.56. The van der Waals surface area contributed by atoms with Gasteiger partial charge >= 0.3 is 6.18 Å². The van der Waals surface area contributed by atoms with E-state index in [-0.39, 0.29) is 34.5 Å². The number of hydrogen-bond acceptors (Lipinski definition) is 4. The van der Waals surface area contributed by atoms with Gasteiger partial charge in [0.2, 0.25) is 11.5 Å². The zero-order valence-corrected chi connectivity index (χ0v) is 23.7. The number of nitrogens with zero attached hydrogens (tertiary/aromatic N) is 1. The van der Waals surface area contributed by atoms with Gasteiger partial charge in [-0.25, -0.2) is 4.98 Å². The molecule has 1 amide bonds. The minimum Gasteiger partial charge on any atom is -0.480 e. The fourth-order valence-electron chi connectivity index (χ4n) is 4.39. The molecule has 4 aromatic rings. The Morgan fingerprint density at radius 1 is 1.00 bits per heavy atom. The van der Waals surface area contributed by atoms with E-state index in [2.05, 4.69) is 10.3 Å². The third-order valence-electron chi connectivity index (χ3n) is 6.44. The Hall–Kier alpha value is -3.04. The van der Waals surface area contributed by atoms with Crippen LogP contribution in [-0.4, -0.2) is 17.1 Å². The van der Waals surface area contributed by atoms with Gasteiger partial charge in [-0.15, -0.1) is 11.3 Å². The lowest BCUT2D eigenvalue weighted by Crippen LogP contribution is -2.42. The molecule has 0 fully saturated rings. The number of aromatic nitrogens is 1. The molecule has 11 heteroatoms. The minimum absolute atomic E-state index is 0.0732. The molecule has 1 aliphatic rings. The van der Waals surface area contributed by atoms with Gasteiger partial charge in [0, 0.05) is 44.5 Å². The molecule has 1 unspecified atom stereocenters. The van der Waals surface area contributed by atoms with Crippen molar-refractivity contribution < 1.29 is 22.7 Å². The van der Waals surface area contributed by atoms with Crippen molar-refractivity contribution in [2.75, 3.05) is 0 Å². The Labute approximate surface area is 247 Å². The van der Waals surface area contributed by atoms with Crippen molar-refractivity contribution in [3.8, 4) is 10.6 Å². The summed E-state index contributed by atoms with van der Waals surface area (Å²) in [7, 11) is 0. The summed E-state index contributed by atoms with van der Waals surface area (Å²) >= 11 is 19.9. The van der Waals surface area contributed by atoms with Crippen molar-refractivity contribution in [3.63, 3.8) is 0 Å². The standard InChI is InChI=1S/C29H20Cl3F3N2O2S/c30-22-9-21(10-23(31)11-22)28(29(33,34)35)13-20(15-39-28)18-6-7-19(25(32)8-18)14-36-26(38)12-24-16-40-27(37-24)17-4-2-1-3-5-17/h1-11,15-16H,12-14H2,(H,36,38). The number of alkyl halides is 3. The SMILES string of the molecule is O=C(Cc1csc(-c2ccccc2)n1)NCc1ccc(C2=COC(c3cc(Cl)cc(Cl)c3)(C(F)(F)F)C2)cc1Cl. The zero-order chi connectivity index (χ0) is 28.5. The van der Waals surface area contributed by atoms with E-state index in [1.54, 1.807) is 18.2 Å². The van der Waals surface area contributed by atoms with Gasteiger partial charge in [0.25, 0.3) is 0 Å². The number of hydrogen-bond donors (Lipinski definition) is 1. The fourth-order valence-corrected chi connectivity index (χ4v) is 5.99. The van der Waals surface area contributed by atoms with Crippen molar-refractivity contribution in [3.05, 3.63) is 116 Å². The lowest BCUT2D eigenvalue weighted by atomic mass is 9.86. The molecule has 0 bridgehead atoms. The lowest BCUT2D eigenvalue weighted by molar-refractivity contribution is -0.260. The highest BCUT2D eigenvalue weighted by molar-refractivity contribution is 7.13. The van der Waals surface area contributed by atoms with Crippen LogP contribution in [0.25, 0.3) is 16.1 Å². The van der Waals surface area contributed by atoms with Gasteiger partial charge in [-0.2, -0.15) is 13.2 Å². The predicted molar refractivity (Wildman–Crippen MR) is 152 cm³/mol. The Morgan fingerprint density at radius 2 is 1.73 bits per heavy atom. The molecule has 0 saturated carbocycles. The third-order valence-corrected chi connectivity index (χ3v) is 8.17. The van der Waals surface area contributed by atoms with Crippen molar-refractivity contribution in [1.82, 2.24) is 10.3 Å². The highest BCUT2D eigenvalue weighted by Gasteiger charge is 2.60. The van der Waals surface area contributed by atoms with E-state index in [1.807, 2.05) is 35.7 Å². The number of amides is 1. The van der Waals surface area contributed by atoms with Crippen LogP contribution in [0.2, 0.25) is 15.1 Å². The maximum atomic E-state index is 14.3. The first-order valence-corrected chi connectivity index (χ1v) is 14.0. The molecule has 1 aromatic heterocycles. The smallest absolute Gasteiger partial charge is 0.432 e. The van der Waals surface area contributed by atoms with E-state index in [9.17, 15) is 18.0 Å². The first kappa shape index (κ1) is 28.5. The van der Waals surface area contributed by atoms with E-state index < -0.39 is 18.2 Å². The quantitative estimate of drug-likeness (QED) is 0.224. The lowest BCUT2D eigenvalue weighted by Gasteiger charge is -2.32. The topological polar surface area (TPSA) is 51.2 Å². The van der Waals surface area contributed by atoms with Crippen LogP contribution in [0.1, 0.15) is 28.8 Å². The third kappa shape index (κ3) is 6.00. The molecule has 0 radical (unpaired) electrons. The number of nitrogens with one attached hydrogen (secondary N) is 1. The second-order valence-electron chi connectivity index (χ2n) is 9.19. The number of ether oxygens (including phenoxy) is 1. The second kappa shape index (κ2) is 11.4. The molecule has 2 heterocycles. The predicted octanol–water partition coefficient (Wildman–Crippen LogP) is 8.85. The number of benzene rings is 3. The Balaban J connectivity index is 1.24. The molecule has 40 heavy (non-hydrogen) atoms. The van der Waals surface area contributed by atoms with Crippen molar-refractivity contribution >= 4 is 57.6 Å². The maximum absolute atomic E-state index is 14.3. The number of halogens is 6. The summed E-state index contributed by atoms with van der Waals surface area (Å²) in [5.41, 5.74) is 0.212. The molecular formula is C29H20Cl3F3N2O2S. The summed E-state index contributed by atoms with van der Waals surface area (Å²) in [4.78, 5) is 17.1. The van der Waals surface area contributed by atoms with Crippen LogP contribution in [0.4, 0.5) is 13.2 Å². The molecule has 0 saturated heterocycles. The van der Waals surface area contributed by atoms with Crippen LogP contribution in [0, 0.1) is 0 Å². The van der Waals surface area contributed by atoms with Gasteiger partial charge in [-0.05, 0) is 41.0 Å². The first-order chi connectivity index (χ1) is 19.0. The van der Waals surface area contributed by atoms with E-state index in [0.717, 1.165) is 16.8 Å². The molecule has 0 aliphatic carbocycles. The summed E-state index contributed by atoms with van der Waals surface area (Å²) in [5, 5.41) is 5.95. The first-order valence-electron chi connectivity index (χ1n) is 12.0. The summed E-state index contributed by atoms with van der Waals surface area (Å²) in [6, 6.07) is 18.3. The number of carbonyl (C=O) groups excluding carboxylic acids is 1. The molecular weight excluding hydrogens is 604 g/mol. The van der Waals surface area contributed by atoms with Gasteiger partial charge in [0.15, 0.2) is 0 Å². The van der Waals surface area contributed by atoms with Crippen LogP contribution >= 0.6 is 46.1 Å². The molecule has 3 aromatic carbocycles. The Morgan fingerprint density at radius 3 is 2.40 bits per heavy atom. The van der Waals surface area contributed by atoms with Gasteiger partial charge in [0.1, 0.15) is 5.01 Å². The van der Waals surface area contributed by atoms with E-state index in [4.69, 9.17) is 39.5 Å². The zero-order valence-electron chi connectivity index (χ0n) is 20.6. The van der Waals surface area contributed by atoms with Crippen molar-refractivity contribution in [2.24, 2.45) is 0 Å². The minimum atomic E-state index is -4.74. The Bertz CT molecular complexity index is 1570. The van der Waals surface area contributed by atoms with Crippen molar-refractivity contribution in [2.45, 2.75) is 31.2 Å². The fraction of sp³-hybridized carbons (Fsp3) is 0.172. The molecule has 1 atom stereocenters. The van der Waals surface area contributed by atoms with Gasteiger partial charge in [-0.1, -0.05) is 77.3 Å². The molecule has 0 spiro atoms. The highest BCUT2D eigenvalue weighted by Crippen LogP contribution is 2.53. The maximum Gasteiger partial charge on any atom is 0.432 e. The summed E-state index contributed by atoms with van der Waals surface area (Å²) in [6.45, 7) is 0.149. The summed E-state index contributed by atoms with van der Waals surface area (Å²) in [5.74, 6) is -0.230. The second-order valence-corrected chi connectivity index (χ2v) is 11.3. The molecule has 1 aliphatic heterocycles. The number of rotatable bonds is 7. The van der Waals surface area contributed by atoms with Gasteiger partial charge in [-0.3, -0.25) is 4.79 Å². The monoisotopic (exact) mass is 622 g/mol. The summed E-state index contributed by atoms with van der Waals surface area (Å²) in [6.07, 6.45) is -4.03. The average molecular weight is 624 g/mol. The molecule has 5 rings (SSSR count). The highest BCUT2D eigenvalue weighted by atomic mass is 35.5. The van der Waals surface area contributed by atoms with E-state index in [0.29, 0.717) is 27.4 Å². The molecule has 4 nitrogen and oxygen atoms in total. The Kier molecular flexibility index (Phi) is 8.15. The van der Waals surface area contributed by atoms with Crippen LogP contribution in [0.5, 0.6) is 0 Å². The summed E-state index contributed by atoms with van der Waals surface area (Å²) < 4.78 is 48.2. The van der Waals surface area contributed by atoms with Crippen LogP contribution in [0.3, 0.4) is 0 Å². The van der Waals surface area contributed by atoms with Crippen LogP contribution in [0.15, 0.2) is 78.4 Å². The van der Waals surface area contributed by atoms with Crippen LogP contribution < -0.4 is 5.32 Å². The van der Waals surface area contributed by atoms with Crippen LogP contribution in [-0.2, 0) is 28.1 Å². The largest absolute Gasteiger partial charge is 0.480 e. The number of thiazole rings is 1.